The van der Waals surface area contributed by atoms with E-state index < -0.39 is 34.0 Å². The second-order valence-electron chi connectivity index (χ2n) is 10.8. The van der Waals surface area contributed by atoms with Crippen LogP contribution in [0.2, 0.25) is 0 Å². The van der Waals surface area contributed by atoms with E-state index in [2.05, 4.69) is 20.5 Å². The zero-order chi connectivity index (χ0) is 28.6. The second-order valence-corrected chi connectivity index (χ2v) is 10.8. The Kier molecular flexibility index (Phi) is 5.00. The Hall–Kier alpha value is -5.64. The van der Waals surface area contributed by atoms with Crippen LogP contribution >= 0.6 is 0 Å². The van der Waals surface area contributed by atoms with Gasteiger partial charge in [0.05, 0.1) is 33.2 Å². The van der Waals surface area contributed by atoms with Crippen molar-refractivity contribution >= 4 is 46.4 Å². The molecule has 2 atom stereocenters. The summed E-state index contributed by atoms with van der Waals surface area (Å²) in [5, 5.41) is 16.6. The summed E-state index contributed by atoms with van der Waals surface area (Å²) in [5.74, 6) is -2.51. The second kappa shape index (κ2) is 8.68. The molecule has 1 aliphatic heterocycles. The Balaban J connectivity index is 1.33. The highest BCUT2D eigenvalue weighted by Gasteiger charge is 2.68. The van der Waals surface area contributed by atoms with Crippen LogP contribution in [-0.4, -0.2) is 32.9 Å². The molecular formula is C32H22N6O4. The Morgan fingerprint density at radius 2 is 1.52 bits per heavy atom. The van der Waals surface area contributed by atoms with Crippen molar-refractivity contribution in [2.24, 2.45) is 16.9 Å². The number of para-hydroxylation sites is 4. The zero-order valence-corrected chi connectivity index (χ0v) is 22.0. The number of amides is 2. The van der Waals surface area contributed by atoms with Gasteiger partial charge in [-0.25, -0.2) is 15.3 Å². The third kappa shape index (κ3) is 3.08. The fourth-order valence-corrected chi connectivity index (χ4v) is 7.30. The van der Waals surface area contributed by atoms with Crippen LogP contribution in [0.25, 0.3) is 11.0 Å². The molecule has 2 bridgehead atoms. The van der Waals surface area contributed by atoms with Gasteiger partial charge in [0.25, 0.3) is 5.69 Å². The van der Waals surface area contributed by atoms with E-state index in [0.29, 0.717) is 5.95 Å². The number of aromatic nitrogens is 2. The lowest BCUT2D eigenvalue weighted by Gasteiger charge is -2.52. The molecule has 9 rings (SSSR count). The van der Waals surface area contributed by atoms with Crippen LogP contribution in [0.1, 0.15) is 28.2 Å². The number of hydrogen-bond acceptors (Lipinski definition) is 7. The van der Waals surface area contributed by atoms with E-state index in [1.807, 2.05) is 72.8 Å². The van der Waals surface area contributed by atoms with Crippen LogP contribution < -0.4 is 10.3 Å². The molecule has 1 fully saturated rings. The lowest BCUT2D eigenvalue weighted by molar-refractivity contribution is -0.384. The molecule has 4 aromatic carbocycles. The van der Waals surface area contributed by atoms with Crippen molar-refractivity contribution in [1.82, 2.24) is 9.97 Å². The number of imide groups is 1. The first-order chi connectivity index (χ1) is 20.5. The number of nitro benzene ring substituents is 1. The molecule has 1 aromatic heterocycles. The van der Waals surface area contributed by atoms with E-state index in [9.17, 15) is 19.7 Å². The Morgan fingerprint density at radius 1 is 0.881 bits per heavy atom. The van der Waals surface area contributed by atoms with Gasteiger partial charge in [0.1, 0.15) is 5.69 Å². The minimum Gasteiger partial charge on any atom is -0.323 e. The van der Waals surface area contributed by atoms with E-state index in [-0.39, 0.29) is 17.3 Å². The first-order valence-electron chi connectivity index (χ1n) is 13.6. The standard InChI is InChI=1S/C32H22N6O4/c39-29-27-26-18-9-1-3-11-20(18)32(21-12-4-2-10-19(21)26,17-33-36-31-34-22-13-5-6-14-23(22)35-31)28(27)30(40)37(29)24-15-7-8-16-25(24)38(41)42/h1-17,26-28H,(H2,34,35,36)/b33-17-/t26?,27-,28+,32?/m1/s1. The molecular weight excluding hydrogens is 532 g/mol. The van der Waals surface area contributed by atoms with E-state index in [1.54, 1.807) is 12.3 Å². The predicted molar refractivity (Wildman–Crippen MR) is 156 cm³/mol. The van der Waals surface area contributed by atoms with Crippen LogP contribution in [0.5, 0.6) is 0 Å². The number of fused-ring (bicyclic) bond motifs is 1. The summed E-state index contributed by atoms with van der Waals surface area (Å²) in [4.78, 5) is 48.9. The quantitative estimate of drug-likeness (QED) is 0.134. The Labute approximate surface area is 238 Å². The predicted octanol–water partition coefficient (Wildman–Crippen LogP) is 5.12. The average molecular weight is 555 g/mol. The molecule has 204 valence electrons. The number of H-pyrrole nitrogens is 1. The van der Waals surface area contributed by atoms with Crippen molar-refractivity contribution in [2.75, 3.05) is 10.3 Å². The van der Waals surface area contributed by atoms with Crippen molar-refractivity contribution in [2.45, 2.75) is 11.3 Å². The van der Waals surface area contributed by atoms with Crippen molar-refractivity contribution in [3.8, 4) is 0 Å². The highest BCUT2D eigenvalue weighted by atomic mass is 16.6. The minimum absolute atomic E-state index is 0.0214. The van der Waals surface area contributed by atoms with Gasteiger partial charge in [0, 0.05) is 18.2 Å². The molecule has 1 saturated heterocycles. The highest BCUT2D eigenvalue weighted by molar-refractivity contribution is 6.25. The molecule has 0 unspecified atom stereocenters. The number of rotatable bonds is 5. The molecule has 0 radical (unpaired) electrons. The van der Waals surface area contributed by atoms with Crippen LogP contribution in [0.4, 0.5) is 17.3 Å². The summed E-state index contributed by atoms with van der Waals surface area (Å²) in [5.41, 5.74) is 6.84. The van der Waals surface area contributed by atoms with E-state index in [0.717, 1.165) is 38.2 Å². The maximum absolute atomic E-state index is 14.5. The number of carbonyl (C=O) groups is 2. The molecule has 5 aromatic rings. The Morgan fingerprint density at radius 3 is 2.24 bits per heavy atom. The van der Waals surface area contributed by atoms with Gasteiger partial charge >= 0.3 is 0 Å². The zero-order valence-electron chi connectivity index (χ0n) is 22.0. The number of nitrogens with one attached hydrogen (secondary N) is 2. The normalized spacial score (nSPS) is 23.7. The number of carbonyl (C=O) groups excluding carboxylic acids is 2. The van der Waals surface area contributed by atoms with Gasteiger partial charge in [-0.2, -0.15) is 5.10 Å². The van der Waals surface area contributed by atoms with Gasteiger partial charge < -0.3 is 4.98 Å². The van der Waals surface area contributed by atoms with Crippen LogP contribution in [-0.2, 0) is 15.0 Å². The monoisotopic (exact) mass is 554 g/mol. The van der Waals surface area contributed by atoms with Gasteiger partial charge in [-0.05, 0) is 40.5 Å². The number of nitrogens with zero attached hydrogens (tertiary/aromatic N) is 4. The molecule has 42 heavy (non-hydrogen) atoms. The summed E-state index contributed by atoms with van der Waals surface area (Å²) < 4.78 is 0. The van der Waals surface area contributed by atoms with E-state index >= 15 is 0 Å². The summed E-state index contributed by atoms with van der Waals surface area (Å²) in [7, 11) is 0. The molecule has 2 heterocycles. The van der Waals surface area contributed by atoms with Gasteiger partial charge in [-0.3, -0.25) is 19.7 Å². The molecule has 10 nitrogen and oxygen atoms in total. The van der Waals surface area contributed by atoms with E-state index in [1.165, 1.54) is 18.2 Å². The van der Waals surface area contributed by atoms with Crippen LogP contribution in [0.3, 0.4) is 0 Å². The maximum atomic E-state index is 14.5. The fourth-order valence-electron chi connectivity index (χ4n) is 7.30. The highest BCUT2D eigenvalue weighted by Crippen LogP contribution is 2.64. The summed E-state index contributed by atoms with van der Waals surface area (Å²) >= 11 is 0. The van der Waals surface area contributed by atoms with Crippen molar-refractivity contribution in [3.63, 3.8) is 0 Å². The number of hydrogen-bond donors (Lipinski definition) is 2. The van der Waals surface area contributed by atoms with Crippen molar-refractivity contribution in [1.29, 1.82) is 0 Å². The van der Waals surface area contributed by atoms with Gasteiger partial charge in [-0.15, -0.1) is 0 Å². The first-order valence-corrected chi connectivity index (χ1v) is 13.6. The molecule has 0 spiro atoms. The average Bonchev–Trinajstić information content (AvgIpc) is 3.55. The maximum Gasteiger partial charge on any atom is 0.293 e. The van der Waals surface area contributed by atoms with Crippen LogP contribution in [0, 0.1) is 22.0 Å². The van der Waals surface area contributed by atoms with E-state index in [4.69, 9.17) is 0 Å². The topological polar surface area (TPSA) is 134 Å². The third-order valence-electron chi connectivity index (χ3n) is 8.83. The summed E-state index contributed by atoms with van der Waals surface area (Å²) in [6, 6.07) is 29.1. The lowest BCUT2D eigenvalue weighted by atomic mass is 9.47. The van der Waals surface area contributed by atoms with Gasteiger partial charge in [-0.1, -0.05) is 72.8 Å². The number of imidazole rings is 1. The molecule has 2 N–H and O–H groups in total. The molecule has 0 saturated carbocycles. The molecule has 10 heteroatoms. The fraction of sp³-hybridized carbons (Fsp3) is 0.125. The molecule has 2 amide bonds. The lowest BCUT2D eigenvalue weighted by Crippen LogP contribution is -2.54. The molecule has 4 aliphatic rings. The summed E-state index contributed by atoms with van der Waals surface area (Å²) in [6.45, 7) is 0. The number of hydrazone groups is 1. The smallest absolute Gasteiger partial charge is 0.293 e. The van der Waals surface area contributed by atoms with Crippen molar-refractivity contribution < 1.29 is 14.5 Å². The SMILES string of the molecule is O=C1[C@@H]2C3c4ccccc4C(/C=N\Nc4nc5ccccc5[nH]4)(c4ccccc43)[C@@H]2C(=O)N1c1ccccc1[N+](=O)[O-]. The van der Waals surface area contributed by atoms with Gasteiger partial charge in [0.2, 0.25) is 17.8 Å². The van der Waals surface area contributed by atoms with Gasteiger partial charge in [0.15, 0.2) is 0 Å². The van der Waals surface area contributed by atoms with Crippen LogP contribution in [0.15, 0.2) is 102 Å². The number of nitro groups is 1. The number of anilines is 2. The third-order valence-corrected chi connectivity index (χ3v) is 8.83. The van der Waals surface area contributed by atoms with Crippen molar-refractivity contribution in [3.05, 3.63) is 129 Å². The summed E-state index contributed by atoms with van der Waals surface area (Å²) in [6.07, 6.45) is 1.71. The number of aromatic amines is 1. The minimum atomic E-state index is -1.11. The largest absolute Gasteiger partial charge is 0.323 e. The molecule has 3 aliphatic carbocycles. The Bertz CT molecular complexity index is 1920. The first kappa shape index (κ1) is 24.2. The number of benzene rings is 4.